The van der Waals surface area contributed by atoms with E-state index in [9.17, 15) is 0 Å². The molecule has 0 aromatic carbocycles. The van der Waals surface area contributed by atoms with Gasteiger partial charge in [-0.1, -0.05) is 31.2 Å². The molecule has 4 heteroatoms. The highest BCUT2D eigenvalue weighted by Crippen LogP contribution is 2.23. The van der Waals surface area contributed by atoms with E-state index in [1.165, 1.54) is 5.69 Å². The maximum absolute atomic E-state index is 5.78. The lowest BCUT2D eigenvalue weighted by Crippen LogP contribution is -2.03. The molecule has 0 amide bonds. The van der Waals surface area contributed by atoms with E-state index in [0.717, 1.165) is 17.9 Å². The molecule has 1 heterocycles. The van der Waals surface area contributed by atoms with Crippen LogP contribution in [0.5, 0.6) is 0 Å². The second kappa shape index (κ2) is 5.77. The van der Waals surface area contributed by atoms with Crippen LogP contribution >= 0.6 is 11.9 Å². The number of rotatable bonds is 3. The van der Waals surface area contributed by atoms with Crippen LogP contribution in [0, 0.1) is 0 Å². The van der Waals surface area contributed by atoms with Gasteiger partial charge < -0.3 is 5.73 Å². The highest BCUT2D eigenvalue weighted by Gasteiger charge is 2.11. The van der Waals surface area contributed by atoms with Crippen LogP contribution in [-0.4, -0.2) is 14.9 Å². The molecular formula is C13H17N3S. The Hall–Kier alpha value is -1.42. The van der Waals surface area contributed by atoms with Crippen molar-refractivity contribution < 1.29 is 0 Å². The zero-order chi connectivity index (χ0) is 12.1. The summed E-state index contributed by atoms with van der Waals surface area (Å²) >= 11 is 1.71. The van der Waals surface area contributed by atoms with E-state index in [1.807, 2.05) is 22.4 Å². The Morgan fingerprint density at radius 3 is 3.24 bits per heavy atom. The van der Waals surface area contributed by atoms with Crippen molar-refractivity contribution in [1.82, 2.24) is 9.19 Å². The van der Waals surface area contributed by atoms with E-state index >= 15 is 0 Å². The molecule has 0 radical (unpaired) electrons. The molecule has 17 heavy (non-hydrogen) atoms. The van der Waals surface area contributed by atoms with Gasteiger partial charge in [0.15, 0.2) is 0 Å². The SMILES string of the molecule is CCSn1nccc1C1C=C/C=C(/N)CC=C1. The van der Waals surface area contributed by atoms with Crippen molar-refractivity contribution >= 4 is 11.9 Å². The average Bonchev–Trinajstić information content (AvgIpc) is 2.72. The molecule has 2 N–H and O–H groups in total. The molecule has 3 nitrogen and oxygen atoms in total. The molecule has 0 saturated carbocycles. The van der Waals surface area contributed by atoms with E-state index in [2.05, 4.69) is 36.3 Å². The van der Waals surface area contributed by atoms with Crippen LogP contribution in [0.4, 0.5) is 0 Å². The van der Waals surface area contributed by atoms with E-state index in [-0.39, 0.29) is 5.92 Å². The molecule has 1 unspecified atom stereocenters. The first-order valence-corrected chi connectivity index (χ1v) is 6.72. The summed E-state index contributed by atoms with van der Waals surface area (Å²) in [6.07, 6.45) is 13.1. The van der Waals surface area contributed by atoms with Gasteiger partial charge in [0, 0.05) is 23.8 Å². The van der Waals surface area contributed by atoms with Crippen molar-refractivity contribution in [2.24, 2.45) is 5.73 Å². The largest absolute Gasteiger partial charge is 0.402 e. The van der Waals surface area contributed by atoms with E-state index in [4.69, 9.17) is 5.73 Å². The quantitative estimate of drug-likeness (QED) is 0.835. The summed E-state index contributed by atoms with van der Waals surface area (Å²) in [5.74, 6) is 1.29. The Labute approximate surface area is 106 Å². The average molecular weight is 247 g/mol. The molecule has 0 fully saturated rings. The van der Waals surface area contributed by atoms with Crippen LogP contribution in [0.3, 0.4) is 0 Å². The Kier molecular flexibility index (Phi) is 4.09. The third kappa shape index (κ3) is 3.03. The zero-order valence-electron chi connectivity index (χ0n) is 9.91. The number of nitrogens with zero attached hydrogens (tertiary/aromatic N) is 2. The lowest BCUT2D eigenvalue weighted by Gasteiger charge is -2.11. The predicted molar refractivity (Wildman–Crippen MR) is 73.7 cm³/mol. The minimum absolute atomic E-state index is 0.279. The first kappa shape index (κ1) is 12.0. The Bertz CT molecular complexity index is 457. The maximum atomic E-state index is 5.78. The topological polar surface area (TPSA) is 43.8 Å². The third-order valence-electron chi connectivity index (χ3n) is 2.56. The minimum atomic E-state index is 0.279. The second-order valence-corrected chi connectivity index (χ2v) is 5.01. The van der Waals surface area contributed by atoms with Crippen LogP contribution in [-0.2, 0) is 0 Å². The van der Waals surface area contributed by atoms with E-state index in [1.54, 1.807) is 11.9 Å². The summed E-state index contributed by atoms with van der Waals surface area (Å²) in [6, 6.07) is 2.07. The van der Waals surface area contributed by atoms with Gasteiger partial charge in [-0.15, -0.1) is 0 Å². The molecule has 0 spiro atoms. The van der Waals surface area contributed by atoms with Crippen molar-refractivity contribution in [2.45, 2.75) is 19.3 Å². The summed E-state index contributed by atoms with van der Waals surface area (Å²) in [6.45, 7) is 2.13. The van der Waals surface area contributed by atoms with Crippen molar-refractivity contribution in [3.05, 3.63) is 54.0 Å². The van der Waals surface area contributed by atoms with E-state index < -0.39 is 0 Å². The molecule has 1 aliphatic rings. The molecule has 1 aromatic heterocycles. The predicted octanol–water partition coefficient (Wildman–Crippen LogP) is 2.84. The van der Waals surface area contributed by atoms with Crippen LogP contribution in [0.15, 0.2) is 48.3 Å². The molecule has 1 aromatic rings. The van der Waals surface area contributed by atoms with Gasteiger partial charge in [-0.05, 0) is 24.1 Å². The molecule has 90 valence electrons. The number of allylic oxidation sites excluding steroid dienone is 5. The highest BCUT2D eigenvalue weighted by molar-refractivity contribution is 7.97. The second-order valence-electron chi connectivity index (χ2n) is 3.83. The number of hydrogen-bond donors (Lipinski definition) is 1. The van der Waals surface area contributed by atoms with Gasteiger partial charge >= 0.3 is 0 Å². The highest BCUT2D eigenvalue weighted by atomic mass is 32.2. The summed E-state index contributed by atoms with van der Waals surface area (Å²) in [5.41, 5.74) is 7.89. The Morgan fingerprint density at radius 2 is 2.41 bits per heavy atom. The van der Waals surface area contributed by atoms with Gasteiger partial charge in [0.05, 0.1) is 11.9 Å². The normalized spacial score (nSPS) is 22.9. The van der Waals surface area contributed by atoms with Crippen LogP contribution in [0.1, 0.15) is 25.0 Å². The fraction of sp³-hybridized carbons (Fsp3) is 0.308. The number of hydrogen-bond acceptors (Lipinski definition) is 3. The van der Waals surface area contributed by atoms with Gasteiger partial charge in [0.1, 0.15) is 0 Å². The van der Waals surface area contributed by atoms with E-state index in [0.29, 0.717) is 0 Å². The summed E-state index contributed by atoms with van der Waals surface area (Å²) in [7, 11) is 0. The van der Waals surface area contributed by atoms with Crippen LogP contribution < -0.4 is 5.73 Å². The van der Waals surface area contributed by atoms with Gasteiger partial charge in [0.25, 0.3) is 0 Å². The van der Waals surface area contributed by atoms with Crippen molar-refractivity contribution in [3.63, 3.8) is 0 Å². The summed E-state index contributed by atoms with van der Waals surface area (Å²) in [4.78, 5) is 0. The first-order valence-electron chi connectivity index (χ1n) is 5.78. The zero-order valence-corrected chi connectivity index (χ0v) is 10.7. The van der Waals surface area contributed by atoms with Gasteiger partial charge in [-0.3, -0.25) is 0 Å². The third-order valence-corrected chi connectivity index (χ3v) is 3.36. The van der Waals surface area contributed by atoms with Crippen molar-refractivity contribution in [3.8, 4) is 0 Å². The molecule has 1 atom stereocenters. The van der Waals surface area contributed by atoms with Gasteiger partial charge in [0.2, 0.25) is 0 Å². The molecular weight excluding hydrogens is 230 g/mol. The molecule has 1 aliphatic carbocycles. The lowest BCUT2D eigenvalue weighted by molar-refractivity contribution is 0.889. The molecule has 2 rings (SSSR count). The molecule has 0 aliphatic heterocycles. The van der Waals surface area contributed by atoms with Crippen LogP contribution in [0.2, 0.25) is 0 Å². The lowest BCUT2D eigenvalue weighted by atomic mass is 10.0. The number of aromatic nitrogens is 2. The Morgan fingerprint density at radius 1 is 1.53 bits per heavy atom. The monoisotopic (exact) mass is 247 g/mol. The van der Waals surface area contributed by atoms with Gasteiger partial charge in [-0.25, -0.2) is 4.09 Å². The maximum Gasteiger partial charge on any atom is 0.0619 e. The first-order chi connectivity index (χ1) is 8.31. The summed E-state index contributed by atoms with van der Waals surface area (Å²) < 4.78 is 1.99. The van der Waals surface area contributed by atoms with Gasteiger partial charge in [-0.2, -0.15) is 5.10 Å². The molecule has 0 bridgehead atoms. The number of nitrogens with two attached hydrogens (primary N) is 1. The van der Waals surface area contributed by atoms with Crippen molar-refractivity contribution in [2.75, 3.05) is 5.75 Å². The van der Waals surface area contributed by atoms with Crippen molar-refractivity contribution in [1.29, 1.82) is 0 Å². The minimum Gasteiger partial charge on any atom is -0.402 e. The summed E-state index contributed by atoms with van der Waals surface area (Å²) in [5, 5.41) is 4.32. The van der Waals surface area contributed by atoms with Crippen LogP contribution in [0.25, 0.3) is 0 Å². The fourth-order valence-electron chi connectivity index (χ4n) is 1.75. The smallest absolute Gasteiger partial charge is 0.0619 e. The fourth-order valence-corrected chi connectivity index (χ4v) is 2.45. The Balaban J connectivity index is 2.24. The standard InChI is InChI=1S/C13H17N3S/c1-2-17-16-13(9-10-15-16)11-5-3-7-12(14)8-4-6-11/h3-7,9-11H,2,8,14H2,1H3/b5-3?,6-4?,12-7+. The molecule has 0 saturated heterocycles.